The number of hydrogen-bond donors (Lipinski definition) is 0. The Morgan fingerprint density at radius 2 is 1.32 bits per heavy atom. The predicted octanol–water partition coefficient (Wildman–Crippen LogP) is 5.57. The molecule has 0 radical (unpaired) electrons. The summed E-state index contributed by atoms with van der Waals surface area (Å²) in [5.74, 6) is -19.0. The van der Waals surface area contributed by atoms with Gasteiger partial charge in [0.1, 0.15) is 0 Å². The summed E-state index contributed by atoms with van der Waals surface area (Å²) >= 11 is 1.18. The molecule has 0 aromatic heterocycles. The van der Waals surface area contributed by atoms with Gasteiger partial charge in [-0.15, -0.1) is 0 Å². The van der Waals surface area contributed by atoms with Crippen LogP contribution >= 0.6 is 22.6 Å². The van der Waals surface area contributed by atoms with E-state index in [1.807, 2.05) is 0 Å². The second kappa shape index (κ2) is 5.68. The summed E-state index contributed by atoms with van der Waals surface area (Å²) in [7, 11) is 0. The summed E-state index contributed by atoms with van der Waals surface area (Å²) < 4.78 is 111. The van der Waals surface area contributed by atoms with E-state index in [0.29, 0.717) is 0 Å². The van der Waals surface area contributed by atoms with E-state index in [0.717, 1.165) is 0 Å². The Morgan fingerprint density at radius 1 is 0.895 bits per heavy atom. The zero-order valence-corrected chi connectivity index (χ0v) is 11.4. The molecule has 0 aliphatic rings. The molecule has 0 bridgehead atoms. The fourth-order valence-electron chi connectivity index (χ4n) is 0.986. The van der Waals surface area contributed by atoms with Crippen molar-refractivity contribution in [2.45, 2.75) is 43.7 Å². The van der Waals surface area contributed by atoms with E-state index < -0.39 is 33.6 Å². The third-order valence-corrected chi connectivity index (χ3v) is 2.85. The number of allylic oxidation sites excluding steroid dienone is 2. The molecule has 0 aliphatic heterocycles. The maximum absolute atomic E-state index is 13.0. The van der Waals surface area contributed by atoms with Crippen molar-refractivity contribution in [1.29, 1.82) is 0 Å². The first-order chi connectivity index (χ1) is 8.20. The highest BCUT2D eigenvalue weighted by molar-refractivity contribution is 14.1. The minimum absolute atomic E-state index is 0.135. The van der Waals surface area contributed by atoms with E-state index in [1.165, 1.54) is 29.5 Å². The van der Waals surface area contributed by atoms with Crippen LogP contribution in [0, 0.1) is 0 Å². The van der Waals surface area contributed by atoms with E-state index >= 15 is 0 Å². The quantitative estimate of drug-likeness (QED) is 0.408. The maximum Gasteiger partial charge on any atom is 0.460 e. The van der Waals surface area contributed by atoms with E-state index in [4.69, 9.17) is 0 Å². The molecule has 19 heavy (non-hydrogen) atoms. The minimum Gasteiger partial charge on any atom is -0.195 e. The van der Waals surface area contributed by atoms with Crippen molar-refractivity contribution in [3.8, 4) is 0 Å². The summed E-state index contributed by atoms with van der Waals surface area (Å²) in [6, 6.07) is 0. The van der Waals surface area contributed by atoms with Gasteiger partial charge in [-0.1, -0.05) is 13.3 Å². The van der Waals surface area contributed by atoms with E-state index in [1.54, 1.807) is 0 Å². The molecule has 0 aromatic carbocycles. The highest BCUT2D eigenvalue weighted by Crippen LogP contribution is 2.53. The lowest BCUT2D eigenvalue weighted by molar-refractivity contribution is -0.388. The molecule has 0 saturated carbocycles. The van der Waals surface area contributed by atoms with Gasteiger partial charge in [0.25, 0.3) is 0 Å². The fourth-order valence-corrected chi connectivity index (χ4v) is 1.92. The molecule has 0 aliphatic carbocycles. The first kappa shape index (κ1) is 18.8. The lowest BCUT2D eigenvalue weighted by atomic mass is 10.0. The molecule has 10 heteroatoms. The van der Waals surface area contributed by atoms with Crippen molar-refractivity contribution in [3.63, 3.8) is 0 Å². The van der Waals surface area contributed by atoms with Gasteiger partial charge < -0.3 is 0 Å². The third kappa shape index (κ3) is 3.69. The van der Waals surface area contributed by atoms with Crippen LogP contribution in [-0.4, -0.2) is 23.9 Å². The molecule has 0 rings (SSSR count). The Bertz CT molecular complexity index is 342. The highest BCUT2D eigenvalue weighted by Gasteiger charge is 2.81. The normalized spacial score (nSPS) is 15.8. The van der Waals surface area contributed by atoms with Crippen LogP contribution in [0.3, 0.4) is 0 Å². The van der Waals surface area contributed by atoms with Gasteiger partial charge in [-0.25, -0.2) is 0 Å². The van der Waals surface area contributed by atoms with Crippen LogP contribution in [0.15, 0.2) is 9.66 Å². The summed E-state index contributed by atoms with van der Waals surface area (Å²) in [6.45, 7) is 1.49. The second-order valence-electron chi connectivity index (χ2n) is 3.61. The van der Waals surface area contributed by atoms with Crippen molar-refractivity contribution in [2.75, 3.05) is 0 Å². The first-order valence-corrected chi connectivity index (χ1v) is 5.86. The third-order valence-electron chi connectivity index (χ3n) is 2.00. The van der Waals surface area contributed by atoms with E-state index in [9.17, 15) is 39.5 Å². The van der Waals surface area contributed by atoms with Gasteiger partial charge in [0.15, 0.2) is 0 Å². The van der Waals surface area contributed by atoms with Crippen LogP contribution in [0.4, 0.5) is 39.5 Å². The Balaban J connectivity index is 5.58. The average molecular weight is 414 g/mol. The maximum atomic E-state index is 13.0. The zero-order valence-electron chi connectivity index (χ0n) is 9.27. The molecule has 0 nitrogen and oxygen atoms in total. The summed E-state index contributed by atoms with van der Waals surface area (Å²) in [5.41, 5.74) is 0. The molecular formula is C9H8F9I. The molecule has 0 atom stereocenters. The SMILES string of the molecule is CCCC(I)=CC(F)(F)C(F)(F)C(F)(F)C(F)(F)F. The minimum atomic E-state index is -6.83. The summed E-state index contributed by atoms with van der Waals surface area (Å²) in [5, 5.41) is 0. The molecule has 0 amide bonds. The largest absolute Gasteiger partial charge is 0.460 e. The zero-order chi connectivity index (χ0) is 15.7. The average Bonchev–Trinajstić information content (AvgIpc) is 2.14. The van der Waals surface area contributed by atoms with Gasteiger partial charge in [-0.2, -0.15) is 39.5 Å². The molecule has 0 fully saturated rings. The second-order valence-corrected chi connectivity index (χ2v) is 5.00. The van der Waals surface area contributed by atoms with Crippen molar-refractivity contribution in [2.24, 2.45) is 0 Å². The van der Waals surface area contributed by atoms with Crippen molar-refractivity contribution in [1.82, 2.24) is 0 Å². The fraction of sp³-hybridized carbons (Fsp3) is 0.778. The van der Waals surface area contributed by atoms with Crippen LogP contribution in [0.1, 0.15) is 19.8 Å². The lowest BCUT2D eigenvalue weighted by Crippen LogP contribution is -2.60. The molecular weight excluding hydrogens is 406 g/mol. The molecule has 0 aromatic rings. The standard InChI is InChI=1S/C9H8F9I/c1-2-3-5(19)4-6(10,11)7(12,13)8(14,15)9(16,17)18/h4H,2-3H2,1H3. The Hall–Kier alpha value is -0.160. The van der Waals surface area contributed by atoms with Crippen molar-refractivity contribution < 1.29 is 39.5 Å². The van der Waals surface area contributed by atoms with Crippen molar-refractivity contribution in [3.05, 3.63) is 9.66 Å². The predicted molar refractivity (Wildman–Crippen MR) is 57.9 cm³/mol. The summed E-state index contributed by atoms with van der Waals surface area (Å²) in [4.78, 5) is 0. The van der Waals surface area contributed by atoms with Gasteiger partial charge in [0.2, 0.25) is 0 Å². The number of rotatable bonds is 5. The first-order valence-electron chi connectivity index (χ1n) is 4.78. The number of halogens is 10. The van der Waals surface area contributed by atoms with Crippen molar-refractivity contribution >= 4 is 22.6 Å². The van der Waals surface area contributed by atoms with Crippen LogP contribution < -0.4 is 0 Å². The Labute approximate surface area is 116 Å². The van der Waals surface area contributed by atoms with Gasteiger partial charge >= 0.3 is 23.9 Å². The molecule has 0 spiro atoms. The summed E-state index contributed by atoms with van der Waals surface area (Å²) in [6.07, 6.45) is -7.23. The molecule has 0 saturated heterocycles. The smallest absolute Gasteiger partial charge is 0.195 e. The number of alkyl halides is 9. The molecule has 114 valence electrons. The van der Waals surface area contributed by atoms with E-state index in [-0.39, 0.29) is 12.8 Å². The lowest BCUT2D eigenvalue weighted by Gasteiger charge is -2.32. The topological polar surface area (TPSA) is 0 Å². The van der Waals surface area contributed by atoms with Gasteiger partial charge in [0.05, 0.1) is 0 Å². The van der Waals surface area contributed by atoms with Gasteiger partial charge in [-0.3, -0.25) is 0 Å². The molecule has 0 unspecified atom stereocenters. The van der Waals surface area contributed by atoms with Crippen LogP contribution in [-0.2, 0) is 0 Å². The monoisotopic (exact) mass is 414 g/mol. The molecule has 0 N–H and O–H groups in total. The Morgan fingerprint density at radius 3 is 1.63 bits per heavy atom. The van der Waals surface area contributed by atoms with Crippen LogP contribution in [0.2, 0.25) is 0 Å². The highest BCUT2D eigenvalue weighted by atomic mass is 127. The Kier molecular flexibility index (Phi) is 5.63. The number of hydrogen-bond acceptors (Lipinski definition) is 0. The van der Waals surface area contributed by atoms with Crippen LogP contribution in [0.25, 0.3) is 0 Å². The van der Waals surface area contributed by atoms with Gasteiger partial charge in [-0.05, 0) is 32.6 Å². The van der Waals surface area contributed by atoms with Crippen LogP contribution in [0.5, 0.6) is 0 Å². The van der Waals surface area contributed by atoms with Gasteiger partial charge in [0, 0.05) is 6.08 Å². The van der Waals surface area contributed by atoms with E-state index in [2.05, 4.69) is 0 Å². The molecule has 0 heterocycles.